The van der Waals surface area contributed by atoms with E-state index in [-0.39, 0.29) is 5.91 Å². The molecule has 0 unspecified atom stereocenters. The third kappa shape index (κ3) is 2.29. The molecule has 0 aliphatic heterocycles. The number of amides is 1. The Labute approximate surface area is 121 Å². The van der Waals surface area contributed by atoms with Crippen LogP contribution in [0.2, 0.25) is 0 Å². The number of nitrogens with zero attached hydrogens (tertiary/aromatic N) is 2. The highest BCUT2D eigenvalue weighted by molar-refractivity contribution is 6.03. The molecule has 0 bridgehead atoms. The number of aromatic nitrogens is 2. The zero-order valence-electron chi connectivity index (χ0n) is 11.5. The summed E-state index contributed by atoms with van der Waals surface area (Å²) in [5.41, 5.74) is 1.16. The maximum Gasteiger partial charge on any atom is 0.314 e. The summed E-state index contributed by atoms with van der Waals surface area (Å²) in [7, 11) is 1.70. The molecule has 21 heavy (non-hydrogen) atoms. The van der Waals surface area contributed by atoms with Crippen molar-refractivity contribution in [1.29, 1.82) is 0 Å². The zero-order valence-corrected chi connectivity index (χ0v) is 11.5. The van der Waals surface area contributed by atoms with Gasteiger partial charge in [-0.1, -0.05) is 12.1 Å². The van der Waals surface area contributed by atoms with Crippen molar-refractivity contribution in [3.8, 4) is 0 Å². The lowest BCUT2D eigenvalue weighted by atomic mass is 9.96. The van der Waals surface area contributed by atoms with Crippen molar-refractivity contribution in [3.05, 3.63) is 47.8 Å². The van der Waals surface area contributed by atoms with Gasteiger partial charge in [0.15, 0.2) is 0 Å². The summed E-state index contributed by atoms with van der Waals surface area (Å²) in [4.78, 5) is 23.3. The van der Waals surface area contributed by atoms with Gasteiger partial charge in [-0.2, -0.15) is 5.10 Å². The van der Waals surface area contributed by atoms with Crippen molar-refractivity contribution in [3.63, 3.8) is 0 Å². The average molecular weight is 285 g/mol. The first kappa shape index (κ1) is 13.4. The second kappa shape index (κ2) is 4.73. The van der Waals surface area contributed by atoms with Gasteiger partial charge in [0.2, 0.25) is 0 Å². The van der Waals surface area contributed by atoms with E-state index in [1.807, 2.05) is 0 Å². The molecule has 1 saturated carbocycles. The monoisotopic (exact) mass is 285 g/mol. The Balaban J connectivity index is 1.75. The highest BCUT2D eigenvalue weighted by Crippen LogP contribution is 2.48. The van der Waals surface area contributed by atoms with Crippen LogP contribution in [-0.2, 0) is 17.3 Å². The number of hydrogen-bond donors (Lipinski definition) is 2. The third-order valence-corrected chi connectivity index (χ3v) is 3.91. The van der Waals surface area contributed by atoms with Gasteiger partial charge in [-0.3, -0.25) is 14.3 Å². The maximum atomic E-state index is 12.0. The Morgan fingerprint density at radius 1 is 1.24 bits per heavy atom. The molecule has 1 aromatic carbocycles. The molecule has 108 valence electrons. The summed E-state index contributed by atoms with van der Waals surface area (Å²) in [5, 5.41) is 16.0. The molecule has 0 spiro atoms. The van der Waals surface area contributed by atoms with E-state index in [2.05, 4.69) is 10.4 Å². The second-order valence-electron chi connectivity index (χ2n) is 5.26. The van der Waals surface area contributed by atoms with Gasteiger partial charge in [0, 0.05) is 18.9 Å². The van der Waals surface area contributed by atoms with Crippen LogP contribution in [0.3, 0.4) is 0 Å². The lowest BCUT2D eigenvalue weighted by Gasteiger charge is -2.11. The molecule has 1 amide bonds. The van der Waals surface area contributed by atoms with Gasteiger partial charge in [-0.15, -0.1) is 0 Å². The first-order valence-corrected chi connectivity index (χ1v) is 6.66. The van der Waals surface area contributed by atoms with Crippen LogP contribution in [0.25, 0.3) is 0 Å². The predicted octanol–water partition coefficient (Wildman–Crippen LogP) is 1.79. The molecular formula is C15H15N3O3. The SMILES string of the molecule is Cn1nccc1C(=O)Nc1ccc(C2(C(=O)O)CC2)cc1. The quantitative estimate of drug-likeness (QED) is 0.897. The Hall–Kier alpha value is -2.63. The van der Waals surface area contributed by atoms with E-state index in [0.29, 0.717) is 24.2 Å². The van der Waals surface area contributed by atoms with E-state index >= 15 is 0 Å². The van der Waals surface area contributed by atoms with Gasteiger partial charge in [-0.05, 0) is 36.6 Å². The summed E-state index contributed by atoms with van der Waals surface area (Å²) >= 11 is 0. The third-order valence-electron chi connectivity index (χ3n) is 3.91. The number of carboxylic acid groups (broad SMARTS) is 1. The number of carboxylic acids is 1. The van der Waals surface area contributed by atoms with E-state index in [4.69, 9.17) is 0 Å². The molecule has 0 atom stereocenters. The van der Waals surface area contributed by atoms with E-state index in [0.717, 1.165) is 5.56 Å². The van der Waals surface area contributed by atoms with Crippen LogP contribution >= 0.6 is 0 Å². The number of hydrogen-bond acceptors (Lipinski definition) is 3. The maximum absolute atomic E-state index is 12.0. The summed E-state index contributed by atoms with van der Waals surface area (Å²) in [6, 6.07) is 8.62. The highest BCUT2D eigenvalue weighted by atomic mass is 16.4. The molecule has 2 aromatic rings. The minimum Gasteiger partial charge on any atom is -0.481 e. The van der Waals surface area contributed by atoms with Gasteiger partial charge in [0.05, 0.1) is 5.41 Å². The van der Waals surface area contributed by atoms with Crippen LogP contribution in [0.1, 0.15) is 28.9 Å². The molecule has 1 aliphatic carbocycles. The molecule has 1 heterocycles. The minimum atomic E-state index is -0.783. The Bertz CT molecular complexity index is 699. The standard InChI is InChI=1S/C15H15N3O3/c1-18-12(6-9-16-18)13(19)17-11-4-2-10(3-5-11)15(7-8-15)14(20)21/h2-6,9H,7-8H2,1H3,(H,17,19)(H,20,21). The number of aryl methyl sites for hydroxylation is 1. The fraction of sp³-hybridized carbons (Fsp3) is 0.267. The molecular weight excluding hydrogens is 270 g/mol. The van der Waals surface area contributed by atoms with Crippen molar-refractivity contribution >= 4 is 17.6 Å². The lowest BCUT2D eigenvalue weighted by Crippen LogP contribution is -2.19. The molecule has 2 N–H and O–H groups in total. The normalized spacial score (nSPS) is 15.5. The number of nitrogens with one attached hydrogen (secondary N) is 1. The number of aliphatic carboxylic acids is 1. The fourth-order valence-electron chi connectivity index (χ4n) is 2.42. The van der Waals surface area contributed by atoms with Crippen LogP contribution < -0.4 is 5.32 Å². The van der Waals surface area contributed by atoms with Crippen LogP contribution in [-0.4, -0.2) is 26.8 Å². The summed E-state index contributed by atoms with van der Waals surface area (Å²) < 4.78 is 1.49. The van der Waals surface area contributed by atoms with E-state index < -0.39 is 11.4 Å². The first-order chi connectivity index (χ1) is 10.0. The van der Waals surface area contributed by atoms with Gasteiger partial charge in [-0.25, -0.2) is 0 Å². The van der Waals surface area contributed by atoms with Crippen molar-refractivity contribution in [2.75, 3.05) is 5.32 Å². The van der Waals surface area contributed by atoms with Gasteiger partial charge in [0.1, 0.15) is 5.69 Å². The minimum absolute atomic E-state index is 0.248. The van der Waals surface area contributed by atoms with Gasteiger partial charge >= 0.3 is 5.97 Å². The van der Waals surface area contributed by atoms with Crippen LogP contribution in [0.4, 0.5) is 5.69 Å². The number of carbonyl (C=O) groups is 2. The van der Waals surface area contributed by atoms with Crippen molar-refractivity contribution in [2.45, 2.75) is 18.3 Å². The summed E-state index contributed by atoms with van der Waals surface area (Å²) in [5.74, 6) is -1.03. The number of benzene rings is 1. The van der Waals surface area contributed by atoms with Crippen molar-refractivity contribution in [1.82, 2.24) is 9.78 Å². The predicted molar refractivity (Wildman–Crippen MR) is 76.2 cm³/mol. The largest absolute Gasteiger partial charge is 0.481 e. The molecule has 1 fully saturated rings. The van der Waals surface area contributed by atoms with Gasteiger partial charge < -0.3 is 10.4 Å². The van der Waals surface area contributed by atoms with E-state index in [1.165, 1.54) is 4.68 Å². The van der Waals surface area contributed by atoms with Gasteiger partial charge in [0.25, 0.3) is 5.91 Å². The van der Waals surface area contributed by atoms with Crippen LogP contribution in [0, 0.1) is 0 Å². The topological polar surface area (TPSA) is 84.2 Å². The Morgan fingerprint density at radius 2 is 1.90 bits per heavy atom. The molecule has 6 heteroatoms. The van der Waals surface area contributed by atoms with E-state index in [9.17, 15) is 14.7 Å². The van der Waals surface area contributed by atoms with Crippen LogP contribution in [0.5, 0.6) is 0 Å². The van der Waals surface area contributed by atoms with Crippen molar-refractivity contribution < 1.29 is 14.7 Å². The summed E-state index contributed by atoms with van der Waals surface area (Å²) in [6.45, 7) is 0. The Kier molecular flexibility index (Phi) is 3.01. The molecule has 6 nitrogen and oxygen atoms in total. The summed E-state index contributed by atoms with van der Waals surface area (Å²) in [6.07, 6.45) is 2.90. The average Bonchev–Trinajstić information content (AvgIpc) is 3.16. The van der Waals surface area contributed by atoms with E-state index in [1.54, 1.807) is 43.6 Å². The number of anilines is 1. The molecule has 1 aromatic heterocycles. The first-order valence-electron chi connectivity index (χ1n) is 6.66. The molecule has 3 rings (SSSR count). The number of rotatable bonds is 4. The molecule has 1 aliphatic rings. The lowest BCUT2D eigenvalue weighted by molar-refractivity contribution is -0.140. The fourth-order valence-corrected chi connectivity index (χ4v) is 2.42. The molecule has 0 radical (unpaired) electrons. The smallest absolute Gasteiger partial charge is 0.314 e. The zero-order chi connectivity index (χ0) is 15.0. The number of carbonyl (C=O) groups excluding carboxylic acids is 1. The van der Waals surface area contributed by atoms with Crippen LogP contribution in [0.15, 0.2) is 36.5 Å². The van der Waals surface area contributed by atoms with Crippen molar-refractivity contribution in [2.24, 2.45) is 7.05 Å². The Morgan fingerprint density at radius 3 is 2.38 bits per heavy atom. The highest BCUT2D eigenvalue weighted by Gasteiger charge is 2.51. The molecule has 0 saturated heterocycles. The second-order valence-corrected chi connectivity index (χ2v) is 5.26.